The summed E-state index contributed by atoms with van der Waals surface area (Å²) in [6.45, 7) is 5.32. The highest BCUT2D eigenvalue weighted by Crippen LogP contribution is 2.33. The number of rotatable bonds is 2. The lowest BCUT2D eigenvalue weighted by atomic mass is 9.96. The van der Waals surface area contributed by atoms with Gasteiger partial charge in [0.1, 0.15) is 11.6 Å². The van der Waals surface area contributed by atoms with Crippen molar-refractivity contribution in [2.75, 3.05) is 30.8 Å². The summed E-state index contributed by atoms with van der Waals surface area (Å²) in [5, 5.41) is 4.69. The summed E-state index contributed by atoms with van der Waals surface area (Å²) in [6.07, 6.45) is 2.11. The molecule has 4 rings (SSSR count). The Morgan fingerprint density at radius 2 is 2.20 bits per heavy atom. The van der Waals surface area contributed by atoms with Gasteiger partial charge < -0.3 is 10.2 Å². The van der Waals surface area contributed by atoms with E-state index >= 15 is 0 Å². The number of nitrogens with one attached hydrogen (secondary N) is 1. The maximum Gasteiger partial charge on any atom is 0.140 e. The molecule has 0 radical (unpaired) electrons. The van der Waals surface area contributed by atoms with Gasteiger partial charge in [0, 0.05) is 41.9 Å². The summed E-state index contributed by atoms with van der Waals surface area (Å²) in [7, 11) is 0. The number of hydrogen-bond acceptors (Lipinski definition) is 5. The third kappa shape index (κ3) is 1.88. The predicted octanol–water partition coefficient (Wildman–Crippen LogP) is 2.07. The van der Waals surface area contributed by atoms with Crippen LogP contribution in [0.4, 0.5) is 5.82 Å². The molecule has 1 aromatic heterocycles. The highest BCUT2D eigenvalue weighted by molar-refractivity contribution is 7.98. The Balaban J connectivity index is 1.83. The van der Waals surface area contributed by atoms with Gasteiger partial charge in [0.25, 0.3) is 0 Å². The van der Waals surface area contributed by atoms with Gasteiger partial charge in [-0.2, -0.15) is 0 Å². The minimum atomic E-state index is 0.657. The molecule has 104 valence electrons. The van der Waals surface area contributed by atoms with E-state index in [9.17, 15) is 0 Å². The summed E-state index contributed by atoms with van der Waals surface area (Å²) in [5.74, 6) is 2.76. The largest absolute Gasteiger partial charge is 0.354 e. The highest BCUT2D eigenvalue weighted by Gasteiger charge is 2.39. The molecular weight excluding hydrogens is 268 g/mol. The third-order valence-electron chi connectivity index (χ3n) is 4.38. The van der Waals surface area contributed by atoms with Gasteiger partial charge >= 0.3 is 0 Å². The van der Waals surface area contributed by atoms with Gasteiger partial charge in [-0.1, -0.05) is 0 Å². The normalized spacial score (nSPS) is 24.8. The monoisotopic (exact) mass is 286 g/mol. The lowest BCUT2D eigenvalue weighted by Crippen LogP contribution is -2.51. The van der Waals surface area contributed by atoms with E-state index in [1.807, 2.05) is 6.92 Å². The number of anilines is 1. The van der Waals surface area contributed by atoms with E-state index in [4.69, 9.17) is 4.98 Å². The summed E-state index contributed by atoms with van der Waals surface area (Å²) >= 11 is 1.77. The van der Waals surface area contributed by atoms with Gasteiger partial charge in [0.15, 0.2) is 0 Å². The average molecular weight is 286 g/mol. The second-order valence-electron chi connectivity index (χ2n) is 5.66. The van der Waals surface area contributed by atoms with Crippen LogP contribution in [-0.2, 0) is 0 Å². The van der Waals surface area contributed by atoms with Crippen molar-refractivity contribution >= 4 is 28.5 Å². The molecule has 20 heavy (non-hydrogen) atoms. The summed E-state index contributed by atoms with van der Waals surface area (Å²) < 4.78 is 0. The van der Waals surface area contributed by atoms with E-state index in [2.05, 4.69) is 39.7 Å². The molecule has 0 saturated carbocycles. The minimum Gasteiger partial charge on any atom is -0.354 e. The topological polar surface area (TPSA) is 41.1 Å². The van der Waals surface area contributed by atoms with Crippen LogP contribution in [0.3, 0.4) is 0 Å². The molecule has 0 bridgehead atoms. The summed E-state index contributed by atoms with van der Waals surface area (Å²) in [4.78, 5) is 13.0. The molecule has 2 saturated heterocycles. The Morgan fingerprint density at radius 1 is 1.30 bits per heavy atom. The fourth-order valence-electron chi connectivity index (χ4n) is 3.20. The molecule has 0 spiro atoms. The molecule has 1 aromatic carbocycles. The standard InChI is InChI=1S/C15H18N4S/c1-9-17-13-4-3-11(20-2)5-12(13)15(18-9)19-7-10-6-16-14(10)8-19/h3-5,10,14,16H,6-8H2,1-2H3. The van der Waals surface area contributed by atoms with Crippen LogP contribution in [0.1, 0.15) is 5.82 Å². The van der Waals surface area contributed by atoms with Crippen LogP contribution < -0.4 is 10.2 Å². The van der Waals surface area contributed by atoms with Crippen LogP contribution in [0.25, 0.3) is 10.9 Å². The van der Waals surface area contributed by atoms with Crippen LogP contribution >= 0.6 is 11.8 Å². The van der Waals surface area contributed by atoms with Crippen LogP contribution in [0.2, 0.25) is 0 Å². The van der Waals surface area contributed by atoms with Gasteiger partial charge in [0.05, 0.1) is 5.52 Å². The molecule has 2 atom stereocenters. The van der Waals surface area contributed by atoms with Crippen molar-refractivity contribution in [3.8, 4) is 0 Å². The first-order chi connectivity index (χ1) is 9.74. The van der Waals surface area contributed by atoms with E-state index in [1.54, 1.807) is 11.8 Å². The highest BCUT2D eigenvalue weighted by atomic mass is 32.2. The zero-order valence-electron chi connectivity index (χ0n) is 11.8. The fraction of sp³-hybridized carbons (Fsp3) is 0.467. The molecule has 5 heteroatoms. The van der Waals surface area contributed by atoms with Gasteiger partial charge in [-0.25, -0.2) is 9.97 Å². The number of hydrogen-bond donors (Lipinski definition) is 1. The maximum atomic E-state index is 4.73. The number of benzene rings is 1. The SMILES string of the molecule is CSc1ccc2nc(C)nc(N3CC4CNC4C3)c2c1. The number of fused-ring (bicyclic) bond motifs is 2. The number of thioether (sulfide) groups is 1. The van der Waals surface area contributed by atoms with E-state index in [1.165, 1.54) is 10.3 Å². The lowest BCUT2D eigenvalue weighted by Gasteiger charge is -2.29. The minimum absolute atomic E-state index is 0.657. The van der Waals surface area contributed by atoms with E-state index in [0.717, 1.165) is 42.7 Å². The first-order valence-corrected chi connectivity index (χ1v) is 8.28. The molecule has 0 aliphatic carbocycles. The molecule has 2 fully saturated rings. The van der Waals surface area contributed by atoms with E-state index < -0.39 is 0 Å². The molecule has 4 nitrogen and oxygen atoms in total. The molecule has 2 aliphatic rings. The number of nitrogens with zero attached hydrogens (tertiary/aromatic N) is 3. The average Bonchev–Trinajstić information content (AvgIpc) is 2.73. The molecular formula is C15H18N4S. The van der Waals surface area contributed by atoms with Crippen molar-refractivity contribution in [2.45, 2.75) is 17.9 Å². The Labute approximate surface area is 123 Å². The fourth-order valence-corrected chi connectivity index (χ4v) is 3.64. The van der Waals surface area contributed by atoms with E-state index in [0.29, 0.717) is 6.04 Å². The van der Waals surface area contributed by atoms with Crippen molar-refractivity contribution in [3.05, 3.63) is 24.0 Å². The zero-order valence-corrected chi connectivity index (χ0v) is 12.6. The van der Waals surface area contributed by atoms with Crippen molar-refractivity contribution in [2.24, 2.45) is 5.92 Å². The maximum absolute atomic E-state index is 4.73. The van der Waals surface area contributed by atoms with Gasteiger partial charge in [-0.15, -0.1) is 11.8 Å². The van der Waals surface area contributed by atoms with Crippen LogP contribution in [0, 0.1) is 12.8 Å². The Bertz CT molecular complexity index is 660. The lowest BCUT2D eigenvalue weighted by molar-refractivity contribution is 0.297. The third-order valence-corrected chi connectivity index (χ3v) is 5.10. The first-order valence-electron chi connectivity index (χ1n) is 7.05. The number of aryl methyl sites for hydroxylation is 1. The molecule has 1 N–H and O–H groups in total. The molecule has 3 heterocycles. The molecule has 2 unspecified atom stereocenters. The van der Waals surface area contributed by atoms with Crippen molar-refractivity contribution in [3.63, 3.8) is 0 Å². The van der Waals surface area contributed by atoms with Crippen LogP contribution in [0.15, 0.2) is 23.1 Å². The summed E-state index contributed by atoms with van der Waals surface area (Å²) in [6, 6.07) is 7.13. The molecule has 2 aliphatic heterocycles. The smallest absolute Gasteiger partial charge is 0.140 e. The molecule has 2 aromatic rings. The van der Waals surface area contributed by atoms with Crippen LogP contribution in [-0.4, -0.2) is 41.9 Å². The Hall–Kier alpha value is -1.33. The van der Waals surface area contributed by atoms with E-state index in [-0.39, 0.29) is 0 Å². The van der Waals surface area contributed by atoms with Crippen molar-refractivity contribution < 1.29 is 0 Å². The second-order valence-corrected chi connectivity index (χ2v) is 6.54. The Morgan fingerprint density at radius 3 is 2.85 bits per heavy atom. The van der Waals surface area contributed by atoms with Crippen molar-refractivity contribution in [1.29, 1.82) is 0 Å². The van der Waals surface area contributed by atoms with Crippen molar-refractivity contribution in [1.82, 2.24) is 15.3 Å². The Kier molecular flexibility index (Phi) is 2.86. The van der Waals surface area contributed by atoms with Crippen LogP contribution in [0.5, 0.6) is 0 Å². The second kappa shape index (κ2) is 4.60. The quantitative estimate of drug-likeness (QED) is 0.856. The van der Waals surface area contributed by atoms with Gasteiger partial charge in [-0.3, -0.25) is 0 Å². The number of aromatic nitrogens is 2. The first kappa shape index (κ1) is 12.4. The molecule has 0 amide bonds. The van der Waals surface area contributed by atoms with Gasteiger partial charge in [0.2, 0.25) is 0 Å². The summed E-state index contributed by atoms with van der Waals surface area (Å²) in [5.41, 5.74) is 1.05. The predicted molar refractivity (Wildman–Crippen MR) is 83.5 cm³/mol. The van der Waals surface area contributed by atoms with Gasteiger partial charge in [-0.05, 0) is 31.4 Å². The zero-order chi connectivity index (χ0) is 13.7.